The Morgan fingerprint density at radius 2 is 2.00 bits per heavy atom. The lowest BCUT2D eigenvalue weighted by Gasteiger charge is -2.04. The number of rotatable bonds is 3. The lowest BCUT2D eigenvalue weighted by Crippen LogP contribution is -2.05. The molecule has 1 aliphatic rings. The Morgan fingerprint density at radius 3 is 2.85 bits per heavy atom. The van der Waals surface area contributed by atoms with Crippen molar-refractivity contribution in [3.8, 4) is 0 Å². The van der Waals surface area contributed by atoms with Crippen molar-refractivity contribution in [3.63, 3.8) is 0 Å². The van der Waals surface area contributed by atoms with E-state index in [1.165, 1.54) is 4.90 Å². The largest absolute Gasteiger partial charge is 0.361 e. The van der Waals surface area contributed by atoms with Crippen LogP contribution in [-0.2, 0) is 4.79 Å². The summed E-state index contributed by atoms with van der Waals surface area (Å²) in [7, 11) is 0. The Kier molecular flexibility index (Phi) is 3.48. The molecule has 0 spiro atoms. The first-order chi connectivity index (χ1) is 9.78. The predicted molar refractivity (Wildman–Crippen MR) is 84.9 cm³/mol. The topological polar surface area (TPSA) is 41.1 Å². The molecule has 2 aromatic carbocycles. The summed E-state index contributed by atoms with van der Waals surface area (Å²) in [4.78, 5) is 13.1. The van der Waals surface area contributed by atoms with Gasteiger partial charge in [-0.25, -0.2) is 0 Å². The molecule has 4 heteroatoms. The number of carbonyl (C=O) groups is 1. The van der Waals surface area contributed by atoms with Crippen LogP contribution >= 0.6 is 11.8 Å². The van der Waals surface area contributed by atoms with Gasteiger partial charge in [-0.05, 0) is 30.5 Å². The average molecular weight is 282 g/mol. The molecule has 3 rings (SSSR count). The van der Waals surface area contributed by atoms with Crippen LogP contribution in [0, 0.1) is 0 Å². The van der Waals surface area contributed by atoms with Gasteiger partial charge in [0.2, 0.25) is 0 Å². The van der Waals surface area contributed by atoms with Gasteiger partial charge in [-0.15, -0.1) is 11.8 Å². The molecular formula is C16H14N2OS. The Bertz CT molecular complexity index is 694. The van der Waals surface area contributed by atoms with Gasteiger partial charge >= 0.3 is 0 Å². The first-order valence-electron chi connectivity index (χ1n) is 6.29. The second kappa shape index (κ2) is 5.43. The molecule has 1 amide bonds. The minimum Gasteiger partial charge on any atom is -0.361 e. The molecule has 0 saturated heterocycles. The van der Waals surface area contributed by atoms with E-state index < -0.39 is 0 Å². The van der Waals surface area contributed by atoms with E-state index in [0.717, 1.165) is 16.9 Å². The van der Waals surface area contributed by atoms with Crippen molar-refractivity contribution >= 4 is 34.6 Å². The number of thioether (sulfide) groups is 1. The number of carbonyl (C=O) groups excluding carboxylic acids is 1. The minimum atomic E-state index is -0.0697. The molecule has 0 fully saturated rings. The molecule has 3 nitrogen and oxygen atoms in total. The van der Waals surface area contributed by atoms with Gasteiger partial charge in [0.15, 0.2) is 0 Å². The number of fused-ring (bicyclic) bond motifs is 1. The van der Waals surface area contributed by atoms with E-state index in [1.54, 1.807) is 18.0 Å². The zero-order chi connectivity index (χ0) is 13.9. The normalized spacial score (nSPS) is 15.1. The number of nitrogens with one attached hydrogen (secondary N) is 2. The van der Waals surface area contributed by atoms with Crippen molar-refractivity contribution in [2.45, 2.75) is 4.90 Å². The third kappa shape index (κ3) is 2.42. The number of benzene rings is 2. The molecule has 1 aliphatic heterocycles. The number of anilines is 2. The summed E-state index contributed by atoms with van der Waals surface area (Å²) in [6, 6.07) is 15.8. The minimum absolute atomic E-state index is 0.0697. The highest BCUT2D eigenvalue weighted by Crippen LogP contribution is 2.31. The zero-order valence-corrected chi connectivity index (χ0v) is 11.8. The summed E-state index contributed by atoms with van der Waals surface area (Å²) < 4.78 is 0. The molecule has 2 aromatic rings. The quantitative estimate of drug-likeness (QED) is 0.664. The van der Waals surface area contributed by atoms with Crippen molar-refractivity contribution in [2.75, 3.05) is 16.9 Å². The van der Waals surface area contributed by atoms with Gasteiger partial charge in [0, 0.05) is 28.0 Å². The van der Waals surface area contributed by atoms with E-state index >= 15 is 0 Å². The van der Waals surface area contributed by atoms with Crippen molar-refractivity contribution in [2.24, 2.45) is 0 Å². The smallest absolute Gasteiger partial charge is 0.257 e. The van der Waals surface area contributed by atoms with Crippen molar-refractivity contribution in [1.29, 1.82) is 0 Å². The van der Waals surface area contributed by atoms with Gasteiger partial charge < -0.3 is 10.6 Å². The summed E-state index contributed by atoms with van der Waals surface area (Å²) in [6.07, 6.45) is 3.80. The van der Waals surface area contributed by atoms with Crippen LogP contribution in [0.25, 0.3) is 5.57 Å². The fourth-order valence-electron chi connectivity index (χ4n) is 2.15. The maximum Gasteiger partial charge on any atom is 0.257 e. The molecule has 0 radical (unpaired) electrons. The van der Waals surface area contributed by atoms with E-state index in [2.05, 4.69) is 22.8 Å². The molecule has 100 valence electrons. The van der Waals surface area contributed by atoms with Crippen LogP contribution in [0.4, 0.5) is 11.4 Å². The second-order valence-corrected chi connectivity index (χ2v) is 5.31. The van der Waals surface area contributed by atoms with E-state index in [4.69, 9.17) is 0 Å². The summed E-state index contributed by atoms with van der Waals surface area (Å²) in [6.45, 7) is 0. The summed E-state index contributed by atoms with van der Waals surface area (Å²) in [5, 5.41) is 6.05. The van der Waals surface area contributed by atoms with Crippen LogP contribution in [0.2, 0.25) is 0 Å². The van der Waals surface area contributed by atoms with Gasteiger partial charge in [-0.1, -0.05) is 24.3 Å². The van der Waals surface area contributed by atoms with Crippen LogP contribution in [0.5, 0.6) is 0 Å². The highest BCUT2D eigenvalue weighted by Gasteiger charge is 2.23. The van der Waals surface area contributed by atoms with Crippen LogP contribution < -0.4 is 10.6 Å². The molecule has 0 atom stereocenters. The van der Waals surface area contributed by atoms with Gasteiger partial charge in [-0.3, -0.25) is 4.79 Å². The first kappa shape index (κ1) is 12.8. The van der Waals surface area contributed by atoms with Crippen LogP contribution in [0.15, 0.2) is 59.6 Å². The van der Waals surface area contributed by atoms with Gasteiger partial charge in [-0.2, -0.15) is 0 Å². The van der Waals surface area contributed by atoms with Crippen LogP contribution in [0.3, 0.4) is 0 Å². The molecule has 0 bridgehead atoms. The molecular weight excluding hydrogens is 268 g/mol. The SMILES string of the molecule is CSc1cccc(N/C=C2\C(=O)Nc3ccccc32)c1. The Morgan fingerprint density at radius 1 is 1.15 bits per heavy atom. The van der Waals surface area contributed by atoms with E-state index in [0.29, 0.717) is 5.57 Å². The Balaban J connectivity index is 1.87. The van der Waals surface area contributed by atoms with E-state index in [-0.39, 0.29) is 5.91 Å². The van der Waals surface area contributed by atoms with Gasteiger partial charge in [0.25, 0.3) is 5.91 Å². The standard InChI is InChI=1S/C16H14N2OS/c1-20-12-6-4-5-11(9-12)17-10-14-13-7-2-3-8-15(13)18-16(14)19/h2-10,17H,1H3,(H,18,19)/b14-10-. The van der Waals surface area contributed by atoms with Crippen molar-refractivity contribution < 1.29 is 4.79 Å². The average Bonchev–Trinajstić information content (AvgIpc) is 2.81. The highest BCUT2D eigenvalue weighted by molar-refractivity contribution is 7.98. The predicted octanol–water partition coefficient (Wildman–Crippen LogP) is 3.81. The summed E-state index contributed by atoms with van der Waals surface area (Å²) in [5.41, 5.74) is 3.44. The third-order valence-corrected chi connectivity index (χ3v) is 3.89. The summed E-state index contributed by atoms with van der Waals surface area (Å²) in [5.74, 6) is -0.0697. The van der Waals surface area contributed by atoms with E-state index in [9.17, 15) is 4.79 Å². The molecule has 20 heavy (non-hydrogen) atoms. The Hall–Kier alpha value is -2.20. The molecule has 2 N–H and O–H groups in total. The number of amides is 1. The fourth-order valence-corrected chi connectivity index (χ4v) is 2.61. The molecule has 0 aromatic heterocycles. The lowest BCUT2D eigenvalue weighted by atomic mass is 10.1. The Labute approximate surface area is 122 Å². The lowest BCUT2D eigenvalue weighted by molar-refractivity contribution is -0.110. The molecule has 1 heterocycles. The maximum atomic E-state index is 12.0. The summed E-state index contributed by atoms with van der Waals surface area (Å²) >= 11 is 1.69. The number of hydrogen-bond acceptors (Lipinski definition) is 3. The van der Waals surface area contributed by atoms with Crippen molar-refractivity contribution in [1.82, 2.24) is 0 Å². The van der Waals surface area contributed by atoms with Crippen LogP contribution in [-0.4, -0.2) is 12.2 Å². The van der Waals surface area contributed by atoms with Gasteiger partial charge in [0.1, 0.15) is 0 Å². The number of para-hydroxylation sites is 1. The first-order valence-corrected chi connectivity index (χ1v) is 7.52. The molecule has 0 unspecified atom stereocenters. The second-order valence-electron chi connectivity index (χ2n) is 4.43. The van der Waals surface area contributed by atoms with Crippen LogP contribution in [0.1, 0.15) is 5.56 Å². The molecule has 0 aliphatic carbocycles. The van der Waals surface area contributed by atoms with Gasteiger partial charge in [0.05, 0.1) is 5.57 Å². The van der Waals surface area contributed by atoms with E-state index in [1.807, 2.05) is 42.7 Å². The third-order valence-electron chi connectivity index (χ3n) is 3.16. The highest BCUT2D eigenvalue weighted by atomic mass is 32.2. The van der Waals surface area contributed by atoms with Crippen molar-refractivity contribution in [3.05, 3.63) is 60.3 Å². The maximum absolute atomic E-state index is 12.0. The molecule has 0 saturated carbocycles. The zero-order valence-electron chi connectivity index (χ0n) is 11.0. The fraction of sp³-hybridized carbons (Fsp3) is 0.0625. The number of hydrogen-bond donors (Lipinski definition) is 2. The monoisotopic (exact) mass is 282 g/mol.